The molecule has 5 heteroatoms. The molecule has 0 saturated heterocycles. The molecule has 2 heterocycles. The van der Waals surface area contributed by atoms with Crippen molar-refractivity contribution in [1.29, 1.82) is 0 Å². The van der Waals surface area contributed by atoms with Gasteiger partial charge in [0.1, 0.15) is 11.5 Å². The molecular weight excluding hydrogens is 276 g/mol. The van der Waals surface area contributed by atoms with E-state index in [4.69, 9.17) is 0 Å². The van der Waals surface area contributed by atoms with E-state index in [1.807, 2.05) is 29.2 Å². The smallest absolute Gasteiger partial charge is 0.277 e. The molecule has 0 saturated carbocycles. The van der Waals surface area contributed by atoms with Crippen LogP contribution in [0.15, 0.2) is 36.5 Å². The zero-order valence-corrected chi connectivity index (χ0v) is 13.1. The van der Waals surface area contributed by atoms with Gasteiger partial charge in [0.05, 0.1) is 11.4 Å². The first-order valence-corrected chi connectivity index (χ1v) is 7.53. The van der Waals surface area contributed by atoms with Crippen LogP contribution in [0.4, 0.5) is 11.4 Å². The molecular formula is C17H20N4O. The normalized spacial score (nSPS) is 17.1. The van der Waals surface area contributed by atoms with Crippen molar-refractivity contribution in [1.82, 2.24) is 9.97 Å². The van der Waals surface area contributed by atoms with Crippen molar-refractivity contribution in [2.24, 2.45) is 5.92 Å². The predicted octanol–water partition coefficient (Wildman–Crippen LogP) is 2.88. The van der Waals surface area contributed by atoms with Crippen molar-refractivity contribution in [2.45, 2.75) is 26.8 Å². The Labute approximate surface area is 130 Å². The Morgan fingerprint density at radius 1 is 1.32 bits per heavy atom. The molecule has 0 radical (unpaired) electrons. The number of hydrogen-bond donors (Lipinski definition) is 1. The molecule has 1 aliphatic rings. The van der Waals surface area contributed by atoms with Crippen LogP contribution in [0, 0.1) is 12.8 Å². The molecule has 5 nitrogen and oxygen atoms in total. The summed E-state index contributed by atoms with van der Waals surface area (Å²) in [4.78, 5) is 23.0. The number of fused-ring (bicyclic) bond motifs is 1. The number of nitrogens with zero attached hydrogens (tertiary/aromatic N) is 3. The van der Waals surface area contributed by atoms with Crippen LogP contribution in [0.2, 0.25) is 0 Å². The average Bonchev–Trinajstić information content (AvgIpc) is 2.53. The Morgan fingerprint density at radius 3 is 2.82 bits per heavy atom. The van der Waals surface area contributed by atoms with E-state index < -0.39 is 0 Å². The molecule has 0 unspecified atom stereocenters. The fourth-order valence-corrected chi connectivity index (χ4v) is 2.65. The number of aryl methyl sites for hydroxylation is 1. The molecule has 0 spiro atoms. The van der Waals surface area contributed by atoms with Crippen molar-refractivity contribution in [3.8, 4) is 0 Å². The lowest BCUT2D eigenvalue weighted by Gasteiger charge is -2.37. The minimum atomic E-state index is -0.0786. The van der Waals surface area contributed by atoms with Crippen molar-refractivity contribution >= 4 is 17.3 Å². The van der Waals surface area contributed by atoms with Crippen molar-refractivity contribution in [3.63, 3.8) is 0 Å². The summed E-state index contributed by atoms with van der Waals surface area (Å²) in [5.74, 6) is 0.954. The zero-order valence-electron chi connectivity index (χ0n) is 13.1. The van der Waals surface area contributed by atoms with Crippen LogP contribution < -0.4 is 10.2 Å². The van der Waals surface area contributed by atoms with E-state index in [1.54, 1.807) is 19.2 Å². The van der Waals surface area contributed by atoms with E-state index >= 15 is 0 Å². The summed E-state index contributed by atoms with van der Waals surface area (Å²) in [5, 5.41) is 3.52. The number of nitrogens with one attached hydrogen (secondary N) is 1. The zero-order chi connectivity index (χ0) is 15.7. The van der Waals surface area contributed by atoms with Gasteiger partial charge >= 0.3 is 0 Å². The lowest BCUT2D eigenvalue weighted by Crippen LogP contribution is -2.47. The van der Waals surface area contributed by atoms with Crippen LogP contribution in [0.5, 0.6) is 0 Å². The summed E-state index contributed by atoms with van der Waals surface area (Å²) in [6.45, 7) is 6.74. The summed E-state index contributed by atoms with van der Waals surface area (Å²) in [6.07, 6.45) is 1.63. The first-order chi connectivity index (χ1) is 10.6. The molecule has 3 rings (SSSR count). The topological polar surface area (TPSA) is 58.1 Å². The van der Waals surface area contributed by atoms with Crippen LogP contribution in [-0.4, -0.2) is 28.5 Å². The predicted molar refractivity (Wildman–Crippen MR) is 87.1 cm³/mol. The Bertz CT molecular complexity index is 699. The van der Waals surface area contributed by atoms with Crippen molar-refractivity contribution in [3.05, 3.63) is 48.0 Å². The highest BCUT2D eigenvalue weighted by molar-refractivity contribution is 6.07. The standard InChI is InChI=1S/C17H20N4O/c1-11(2)15-10-21(16-7-5-4-6-13(16)20-15)17(22)14-8-9-18-12(3)19-14/h4-9,11,15,20H,10H2,1-3H3/t15-/m0/s1. The van der Waals surface area contributed by atoms with E-state index in [0.717, 1.165) is 11.4 Å². The quantitative estimate of drug-likeness (QED) is 0.925. The summed E-state index contributed by atoms with van der Waals surface area (Å²) < 4.78 is 0. The lowest BCUT2D eigenvalue weighted by atomic mass is 9.99. The number of carbonyl (C=O) groups excluding carboxylic acids is 1. The Balaban J connectivity index is 1.99. The molecule has 0 fully saturated rings. The van der Waals surface area contributed by atoms with Gasteiger partial charge in [0.25, 0.3) is 5.91 Å². The highest BCUT2D eigenvalue weighted by atomic mass is 16.2. The third kappa shape index (κ3) is 2.66. The number of rotatable bonds is 2. The molecule has 2 aromatic rings. The highest BCUT2D eigenvalue weighted by Gasteiger charge is 2.30. The SMILES string of the molecule is Cc1nccc(C(=O)N2C[C@@H](C(C)C)Nc3ccccc32)n1. The van der Waals surface area contributed by atoms with Gasteiger partial charge in [-0.3, -0.25) is 4.79 Å². The second-order valence-electron chi connectivity index (χ2n) is 5.92. The first-order valence-electron chi connectivity index (χ1n) is 7.53. The highest BCUT2D eigenvalue weighted by Crippen LogP contribution is 2.33. The molecule has 0 bridgehead atoms. The van der Waals surface area contributed by atoms with E-state index in [9.17, 15) is 4.79 Å². The number of benzene rings is 1. The molecule has 1 aromatic heterocycles. The van der Waals surface area contributed by atoms with Crippen LogP contribution in [0.25, 0.3) is 0 Å². The van der Waals surface area contributed by atoms with Gasteiger partial charge in [-0.05, 0) is 31.0 Å². The summed E-state index contributed by atoms with van der Waals surface area (Å²) in [7, 11) is 0. The Hall–Kier alpha value is -2.43. The molecule has 1 aromatic carbocycles. The minimum Gasteiger partial charge on any atom is -0.379 e. The fourth-order valence-electron chi connectivity index (χ4n) is 2.65. The van der Waals surface area contributed by atoms with Gasteiger partial charge in [0.15, 0.2) is 0 Å². The number of anilines is 2. The van der Waals surface area contributed by atoms with Crippen molar-refractivity contribution < 1.29 is 4.79 Å². The fraction of sp³-hybridized carbons (Fsp3) is 0.353. The second-order valence-corrected chi connectivity index (χ2v) is 5.92. The second kappa shape index (κ2) is 5.75. The molecule has 22 heavy (non-hydrogen) atoms. The minimum absolute atomic E-state index is 0.0786. The van der Waals surface area contributed by atoms with Crippen LogP contribution in [0.1, 0.15) is 30.2 Å². The van der Waals surface area contributed by atoms with Gasteiger partial charge in [0, 0.05) is 18.8 Å². The largest absolute Gasteiger partial charge is 0.379 e. The molecule has 1 atom stereocenters. The average molecular weight is 296 g/mol. The molecule has 1 N–H and O–H groups in total. The van der Waals surface area contributed by atoms with E-state index in [-0.39, 0.29) is 11.9 Å². The third-order valence-electron chi connectivity index (χ3n) is 3.96. The first kappa shape index (κ1) is 14.5. The van der Waals surface area contributed by atoms with Crippen molar-refractivity contribution in [2.75, 3.05) is 16.8 Å². The molecule has 1 aliphatic heterocycles. The lowest BCUT2D eigenvalue weighted by molar-refractivity contribution is 0.0978. The number of carbonyl (C=O) groups is 1. The van der Waals surface area contributed by atoms with Gasteiger partial charge in [-0.1, -0.05) is 26.0 Å². The van der Waals surface area contributed by atoms with E-state index in [2.05, 4.69) is 29.1 Å². The summed E-state index contributed by atoms with van der Waals surface area (Å²) in [5.41, 5.74) is 2.33. The van der Waals surface area contributed by atoms with Gasteiger partial charge in [-0.15, -0.1) is 0 Å². The number of hydrogen-bond acceptors (Lipinski definition) is 4. The van der Waals surface area contributed by atoms with Crippen LogP contribution in [0.3, 0.4) is 0 Å². The van der Waals surface area contributed by atoms with Crippen LogP contribution in [-0.2, 0) is 0 Å². The summed E-state index contributed by atoms with van der Waals surface area (Å²) >= 11 is 0. The molecule has 1 amide bonds. The monoisotopic (exact) mass is 296 g/mol. The van der Waals surface area contributed by atoms with Gasteiger partial charge in [-0.2, -0.15) is 0 Å². The molecule has 0 aliphatic carbocycles. The summed E-state index contributed by atoms with van der Waals surface area (Å²) in [6, 6.07) is 9.79. The third-order valence-corrected chi connectivity index (χ3v) is 3.96. The van der Waals surface area contributed by atoms with E-state index in [1.165, 1.54) is 0 Å². The molecule has 114 valence electrons. The maximum Gasteiger partial charge on any atom is 0.277 e. The number of aromatic nitrogens is 2. The maximum atomic E-state index is 12.9. The maximum absolute atomic E-state index is 12.9. The van der Waals surface area contributed by atoms with Gasteiger partial charge in [0.2, 0.25) is 0 Å². The number of para-hydroxylation sites is 2. The van der Waals surface area contributed by atoms with Gasteiger partial charge < -0.3 is 10.2 Å². The van der Waals surface area contributed by atoms with Gasteiger partial charge in [-0.25, -0.2) is 9.97 Å². The van der Waals surface area contributed by atoms with E-state index in [0.29, 0.717) is 24.0 Å². The number of amides is 1. The van der Waals surface area contributed by atoms with Crippen LogP contribution >= 0.6 is 0 Å². The Morgan fingerprint density at radius 2 is 2.09 bits per heavy atom. The Kier molecular flexibility index (Phi) is 3.79.